The molecule has 1 aliphatic carbocycles. The first kappa shape index (κ1) is 16.5. The summed E-state index contributed by atoms with van der Waals surface area (Å²) in [5.41, 5.74) is 0.0886. The summed E-state index contributed by atoms with van der Waals surface area (Å²) in [6, 6.07) is 7.82. The van der Waals surface area contributed by atoms with Crippen molar-refractivity contribution in [2.75, 3.05) is 6.61 Å². The van der Waals surface area contributed by atoms with E-state index in [1.54, 1.807) is 0 Å². The molecule has 0 aliphatic heterocycles. The van der Waals surface area contributed by atoms with Crippen LogP contribution < -0.4 is 0 Å². The molecule has 1 aromatic rings. The maximum Gasteiger partial charge on any atom is 0.308 e. The fourth-order valence-corrected chi connectivity index (χ4v) is 3.44. The van der Waals surface area contributed by atoms with Gasteiger partial charge >= 0.3 is 5.97 Å². The molecule has 0 unspecified atom stereocenters. The monoisotopic (exact) mass is 354 g/mol. The molecule has 3 nitrogen and oxygen atoms in total. The molecule has 1 atom stereocenters. The van der Waals surface area contributed by atoms with Crippen LogP contribution in [0.5, 0.6) is 0 Å². The summed E-state index contributed by atoms with van der Waals surface area (Å²) in [6.45, 7) is 4.16. The molecule has 0 spiro atoms. The van der Waals surface area contributed by atoms with Gasteiger partial charge < -0.3 is 9.84 Å². The van der Waals surface area contributed by atoms with Crippen LogP contribution in [-0.4, -0.2) is 17.7 Å². The van der Waals surface area contributed by atoms with E-state index in [2.05, 4.69) is 15.9 Å². The Hall–Kier alpha value is -0.870. The van der Waals surface area contributed by atoms with Crippen LogP contribution in [0.15, 0.2) is 28.7 Å². The minimum atomic E-state index is -0.847. The lowest BCUT2D eigenvalue weighted by atomic mass is 9.71. The lowest BCUT2D eigenvalue weighted by Gasteiger charge is -2.38. The van der Waals surface area contributed by atoms with Crippen LogP contribution >= 0.6 is 15.9 Å². The van der Waals surface area contributed by atoms with Crippen LogP contribution in [0.2, 0.25) is 0 Å². The first-order chi connectivity index (χ1) is 9.95. The number of benzene rings is 1. The highest BCUT2D eigenvalue weighted by Gasteiger charge is 2.38. The van der Waals surface area contributed by atoms with Crippen molar-refractivity contribution in [1.82, 2.24) is 0 Å². The summed E-state index contributed by atoms with van der Waals surface area (Å²) in [6.07, 6.45) is 3.31. The SMILES string of the molecule is CCOC(=O)C1CCC([C@@](C)(O)c2ccc(Br)cc2)CC1. The van der Waals surface area contributed by atoms with Gasteiger partial charge in [0.1, 0.15) is 0 Å². The van der Waals surface area contributed by atoms with Crippen molar-refractivity contribution < 1.29 is 14.6 Å². The highest BCUT2D eigenvalue weighted by molar-refractivity contribution is 9.10. The molecule has 21 heavy (non-hydrogen) atoms. The maximum atomic E-state index is 11.8. The number of hydrogen-bond acceptors (Lipinski definition) is 3. The van der Waals surface area contributed by atoms with Gasteiger partial charge in [-0.1, -0.05) is 28.1 Å². The fourth-order valence-electron chi connectivity index (χ4n) is 3.17. The summed E-state index contributed by atoms with van der Waals surface area (Å²) in [4.78, 5) is 11.8. The zero-order valence-electron chi connectivity index (χ0n) is 12.6. The van der Waals surface area contributed by atoms with Gasteiger partial charge in [0.2, 0.25) is 0 Å². The third-order valence-electron chi connectivity index (χ3n) is 4.57. The second-order valence-electron chi connectivity index (χ2n) is 5.96. The normalized spacial score (nSPS) is 25.1. The number of aliphatic hydroxyl groups is 1. The molecule has 1 fully saturated rings. The molecular weight excluding hydrogens is 332 g/mol. The van der Waals surface area contributed by atoms with E-state index in [1.807, 2.05) is 38.1 Å². The average molecular weight is 355 g/mol. The molecule has 0 saturated heterocycles. The Kier molecular flexibility index (Phi) is 5.44. The van der Waals surface area contributed by atoms with Crippen LogP contribution in [0.4, 0.5) is 0 Å². The molecule has 0 radical (unpaired) electrons. The van der Waals surface area contributed by atoms with E-state index in [-0.39, 0.29) is 17.8 Å². The molecule has 0 amide bonds. The predicted octanol–water partition coefficient (Wildman–Crippen LogP) is 4.03. The third kappa shape index (κ3) is 3.86. The number of hydrogen-bond donors (Lipinski definition) is 1. The molecule has 116 valence electrons. The van der Waals surface area contributed by atoms with Gasteiger partial charge in [-0.2, -0.15) is 0 Å². The lowest BCUT2D eigenvalue weighted by Crippen LogP contribution is -2.36. The summed E-state index contributed by atoms with van der Waals surface area (Å²) in [7, 11) is 0. The van der Waals surface area contributed by atoms with Crippen molar-refractivity contribution in [2.24, 2.45) is 11.8 Å². The molecule has 1 saturated carbocycles. The van der Waals surface area contributed by atoms with E-state index >= 15 is 0 Å². The molecule has 0 bridgehead atoms. The first-order valence-electron chi connectivity index (χ1n) is 7.60. The van der Waals surface area contributed by atoms with E-state index in [9.17, 15) is 9.90 Å². The van der Waals surface area contributed by atoms with Gasteiger partial charge in [-0.3, -0.25) is 4.79 Å². The molecule has 1 N–H and O–H groups in total. The van der Waals surface area contributed by atoms with Crippen LogP contribution in [0.3, 0.4) is 0 Å². The first-order valence-corrected chi connectivity index (χ1v) is 8.39. The summed E-state index contributed by atoms with van der Waals surface area (Å²) in [5, 5.41) is 10.9. The molecule has 1 aromatic carbocycles. The van der Waals surface area contributed by atoms with Crippen molar-refractivity contribution >= 4 is 21.9 Å². The zero-order chi connectivity index (χ0) is 15.5. The Morgan fingerprint density at radius 3 is 2.38 bits per heavy atom. The maximum absolute atomic E-state index is 11.8. The van der Waals surface area contributed by atoms with Crippen molar-refractivity contribution in [3.8, 4) is 0 Å². The van der Waals surface area contributed by atoms with Crippen LogP contribution in [-0.2, 0) is 15.1 Å². The van der Waals surface area contributed by atoms with Crippen LogP contribution in [0.1, 0.15) is 45.1 Å². The van der Waals surface area contributed by atoms with Crippen LogP contribution in [0.25, 0.3) is 0 Å². The number of ether oxygens (including phenoxy) is 1. The van der Waals surface area contributed by atoms with E-state index in [4.69, 9.17) is 4.74 Å². The Labute approximate surface area is 134 Å². The van der Waals surface area contributed by atoms with E-state index in [0.29, 0.717) is 6.61 Å². The zero-order valence-corrected chi connectivity index (χ0v) is 14.2. The third-order valence-corrected chi connectivity index (χ3v) is 5.10. The second-order valence-corrected chi connectivity index (χ2v) is 6.87. The number of carbonyl (C=O) groups excluding carboxylic acids is 1. The quantitative estimate of drug-likeness (QED) is 0.830. The molecule has 2 rings (SSSR count). The van der Waals surface area contributed by atoms with Crippen molar-refractivity contribution in [3.63, 3.8) is 0 Å². The minimum Gasteiger partial charge on any atom is -0.466 e. The van der Waals surface area contributed by atoms with Crippen LogP contribution in [0, 0.1) is 11.8 Å². The van der Waals surface area contributed by atoms with Crippen molar-refractivity contribution in [3.05, 3.63) is 34.3 Å². The Morgan fingerprint density at radius 1 is 1.29 bits per heavy atom. The highest BCUT2D eigenvalue weighted by Crippen LogP contribution is 2.41. The molecular formula is C17H23BrO3. The fraction of sp³-hybridized carbons (Fsp3) is 0.588. The summed E-state index contributed by atoms with van der Waals surface area (Å²) in [5.74, 6) is 0.102. The largest absolute Gasteiger partial charge is 0.466 e. The average Bonchev–Trinajstić information content (AvgIpc) is 2.48. The lowest BCUT2D eigenvalue weighted by molar-refractivity contribution is -0.150. The number of carbonyl (C=O) groups is 1. The standard InChI is InChI=1S/C17H23BrO3/c1-3-21-16(19)12-4-6-13(7-5-12)17(2,20)14-8-10-15(18)11-9-14/h8-13,20H,3-7H2,1-2H3/t12?,13?,17-/m1/s1. The topological polar surface area (TPSA) is 46.5 Å². The smallest absolute Gasteiger partial charge is 0.308 e. The van der Waals surface area contributed by atoms with E-state index in [0.717, 1.165) is 35.7 Å². The van der Waals surface area contributed by atoms with E-state index in [1.165, 1.54) is 0 Å². The Balaban J connectivity index is 2.00. The molecule has 0 heterocycles. The number of rotatable bonds is 4. The van der Waals surface area contributed by atoms with Gasteiger partial charge in [0, 0.05) is 4.47 Å². The molecule has 0 aromatic heterocycles. The van der Waals surface area contributed by atoms with E-state index < -0.39 is 5.60 Å². The number of halogens is 1. The van der Waals surface area contributed by atoms with Gasteiger partial charge in [0.05, 0.1) is 18.1 Å². The highest BCUT2D eigenvalue weighted by atomic mass is 79.9. The van der Waals surface area contributed by atoms with Crippen molar-refractivity contribution in [2.45, 2.75) is 45.1 Å². The number of esters is 1. The Bertz CT molecular complexity index is 473. The van der Waals surface area contributed by atoms with Gasteiger partial charge in [-0.15, -0.1) is 0 Å². The van der Waals surface area contributed by atoms with Gasteiger partial charge in [-0.05, 0) is 63.1 Å². The Morgan fingerprint density at radius 2 is 1.86 bits per heavy atom. The summed E-state index contributed by atoms with van der Waals surface area (Å²) >= 11 is 3.41. The van der Waals surface area contributed by atoms with Crippen molar-refractivity contribution in [1.29, 1.82) is 0 Å². The molecule has 4 heteroatoms. The minimum absolute atomic E-state index is 0.00178. The predicted molar refractivity (Wildman–Crippen MR) is 85.8 cm³/mol. The second kappa shape index (κ2) is 6.93. The van der Waals surface area contributed by atoms with Gasteiger partial charge in [-0.25, -0.2) is 0 Å². The van der Waals surface area contributed by atoms with Gasteiger partial charge in [0.25, 0.3) is 0 Å². The van der Waals surface area contributed by atoms with Gasteiger partial charge in [0.15, 0.2) is 0 Å². The molecule has 1 aliphatic rings. The summed E-state index contributed by atoms with van der Waals surface area (Å²) < 4.78 is 6.10.